The van der Waals surface area contributed by atoms with E-state index < -0.39 is 17.9 Å². The van der Waals surface area contributed by atoms with Crippen LogP contribution in [-0.2, 0) is 11.2 Å². The van der Waals surface area contributed by atoms with E-state index in [-0.39, 0.29) is 5.69 Å². The maximum atomic E-state index is 12.5. The number of aromatic nitrogens is 2. The predicted molar refractivity (Wildman–Crippen MR) is 93.2 cm³/mol. The van der Waals surface area contributed by atoms with Crippen LogP contribution in [0, 0.1) is 0 Å². The number of hydrogen-bond donors (Lipinski definition) is 2. The van der Waals surface area contributed by atoms with Crippen molar-refractivity contribution in [2.24, 2.45) is 0 Å². The van der Waals surface area contributed by atoms with Crippen LogP contribution in [0.4, 0.5) is 0 Å². The van der Waals surface area contributed by atoms with Crippen molar-refractivity contribution in [3.05, 3.63) is 47.3 Å². The van der Waals surface area contributed by atoms with Gasteiger partial charge in [-0.05, 0) is 42.2 Å². The first-order valence-corrected chi connectivity index (χ1v) is 8.96. The van der Waals surface area contributed by atoms with Crippen LogP contribution < -0.4 is 10.1 Å². The molecular formula is C19H21N3O4. The Bertz CT molecular complexity index is 839. The van der Waals surface area contributed by atoms with Gasteiger partial charge in [-0.15, -0.1) is 0 Å². The van der Waals surface area contributed by atoms with Crippen molar-refractivity contribution in [2.45, 2.75) is 44.2 Å². The minimum atomic E-state index is -1.12. The van der Waals surface area contributed by atoms with Crippen molar-refractivity contribution in [2.75, 3.05) is 6.61 Å². The van der Waals surface area contributed by atoms with Gasteiger partial charge in [0, 0.05) is 12.6 Å². The third kappa shape index (κ3) is 3.16. The number of nitrogens with zero attached hydrogens (tertiary/aromatic N) is 2. The molecule has 7 heteroatoms. The molecule has 2 aromatic rings. The van der Waals surface area contributed by atoms with Crippen molar-refractivity contribution in [3.63, 3.8) is 0 Å². The molecule has 1 saturated carbocycles. The van der Waals surface area contributed by atoms with Crippen molar-refractivity contribution in [3.8, 4) is 5.75 Å². The average molecular weight is 355 g/mol. The number of hydrogen-bond acceptors (Lipinski definition) is 4. The number of amides is 1. The van der Waals surface area contributed by atoms with Crippen molar-refractivity contribution >= 4 is 11.9 Å². The lowest BCUT2D eigenvalue weighted by atomic mass is 10.0. The molecule has 2 aliphatic rings. The summed E-state index contributed by atoms with van der Waals surface area (Å²) in [6, 6.07) is 6.09. The van der Waals surface area contributed by atoms with E-state index in [4.69, 9.17) is 4.74 Å². The molecule has 0 saturated heterocycles. The monoisotopic (exact) mass is 355 g/mol. The lowest BCUT2D eigenvalue weighted by Crippen LogP contribution is -2.34. The van der Waals surface area contributed by atoms with Crippen molar-refractivity contribution in [1.82, 2.24) is 15.1 Å². The standard InChI is InChI=1S/C19H21N3O4/c23-18(15-7-9-22(21-15)14-3-1-2-4-14)20-17(19(24)25)13-5-6-16-12(11-13)8-10-26-16/h5-7,9,11,14,17H,1-4,8,10H2,(H,20,23)(H,24,25). The number of carboxylic acid groups (broad SMARTS) is 1. The topological polar surface area (TPSA) is 93.5 Å². The SMILES string of the molecule is O=C(NC(C(=O)O)c1ccc2c(c1)CCO2)c1ccn(C2CCCC2)n1. The van der Waals surface area contributed by atoms with E-state index in [0.717, 1.165) is 30.6 Å². The molecule has 1 aliphatic heterocycles. The molecule has 0 bridgehead atoms. The van der Waals surface area contributed by atoms with E-state index in [1.807, 2.05) is 4.68 Å². The molecule has 26 heavy (non-hydrogen) atoms. The summed E-state index contributed by atoms with van der Waals surface area (Å²) in [6.07, 6.45) is 7.03. The van der Waals surface area contributed by atoms with Crippen molar-refractivity contribution < 1.29 is 19.4 Å². The fourth-order valence-corrected chi connectivity index (χ4v) is 3.71. The Balaban J connectivity index is 1.51. The van der Waals surface area contributed by atoms with Crippen LogP contribution in [0.3, 0.4) is 0 Å². The lowest BCUT2D eigenvalue weighted by Gasteiger charge is -2.15. The van der Waals surface area contributed by atoms with Gasteiger partial charge >= 0.3 is 5.97 Å². The first kappa shape index (κ1) is 16.6. The van der Waals surface area contributed by atoms with Gasteiger partial charge in [-0.2, -0.15) is 5.10 Å². The molecule has 1 fully saturated rings. The highest BCUT2D eigenvalue weighted by atomic mass is 16.5. The Morgan fingerprint density at radius 1 is 1.27 bits per heavy atom. The number of ether oxygens (including phenoxy) is 1. The van der Waals surface area contributed by atoms with E-state index in [2.05, 4.69) is 10.4 Å². The molecule has 1 unspecified atom stereocenters. The number of carbonyl (C=O) groups excluding carboxylic acids is 1. The van der Waals surface area contributed by atoms with E-state index in [1.165, 1.54) is 12.8 Å². The van der Waals surface area contributed by atoms with E-state index >= 15 is 0 Å². The summed E-state index contributed by atoms with van der Waals surface area (Å²) in [5, 5.41) is 16.5. The summed E-state index contributed by atoms with van der Waals surface area (Å²) < 4.78 is 7.27. The maximum Gasteiger partial charge on any atom is 0.330 e. The normalized spacial score (nSPS) is 17.5. The maximum absolute atomic E-state index is 12.5. The van der Waals surface area contributed by atoms with E-state index in [0.29, 0.717) is 18.2 Å². The largest absolute Gasteiger partial charge is 0.493 e. The highest BCUT2D eigenvalue weighted by Crippen LogP contribution is 2.30. The smallest absolute Gasteiger partial charge is 0.330 e. The zero-order valence-corrected chi connectivity index (χ0v) is 14.4. The second-order valence-electron chi connectivity index (χ2n) is 6.83. The second-order valence-corrected chi connectivity index (χ2v) is 6.83. The molecule has 0 spiro atoms. The number of nitrogens with one attached hydrogen (secondary N) is 1. The van der Waals surface area contributed by atoms with Gasteiger partial charge in [-0.1, -0.05) is 18.9 Å². The molecule has 7 nitrogen and oxygen atoms in total. The zero-order valence-electron chi connectivity index (χ0n) is 14.4. The number of aliphatic carboxylic acids is 1. The summed E-state index contributed by atoms with van der Waals surface area (Å²) >= 11 is 0. The molecule has 0 radical (unpaired) electrons. The number of carbonyl (C=O) groups is 2. The Kier molecular flexibility index (Phi) is 4.36. The summed E-state index contributed by atoms with van der Waals surface area (Å²) in [5.74, 6) is -0.808. The highest BCUT2D eigenvalue weighted by molar-refractivity contribution is 5.95. The van der Waals surface area contributed by atoms with E-state index in [1.54, 1.807) is 30.5 Å². The Morgan fingerprint density at radius 3 is 2.85 bits per heavy atom. The van der Waals surface area contributed by atoms with Gasteiger partial charge in [0.2, 0.25) is 0 Å². The van der Waals surface area contributed by atoms with Gasteiger partial charge < -0.3 is 15.2 Å². The summed E-state index contributed by atoms with van der Waals surface area (Å²) in [6.45, 7) is 0.599. The third-order valence-electron chi connectivity index (χ3n) is 5.11. The zero-order chi connectivity index (χ0) is 18.1. The van der Waals surface area contributed by atoms with Gasteiger partial charge in [-0.25, -0.2) is 4.79 Å². The molecule has 1 atom stereocenters. The minimum absolute atomic E-state index is 0.243. The van der Waals surface area contributed by atoms with Crippen LogP contribution in [-0.4, -0.2) is 33.4 Å². The van der Waals surface area contributed by atoms with E-state index in [9.17, 15) is 14.7 Å². The quantitative estimate of drug-likeness (QED) is 0.859. The molecular weight excluding hydrogens is 334 g/mol. The van der Waals surface area contributed by atoms with Crippen LogP contribution in [0.5, 0.6) is 5.75 Å². The molecule has 4 rings (SSSR count). The number of benzene rings is 1. The molecule has 1 aromatic heterocycles. The van der Waals surface area contributed by atoms with Crippen LogP contribution in [0.25, 0.3) is 0 Å². The molecule has 1 aromatic carbocycles. The van der Waals surface area contributed by atoms with Crippen LogP contribution in [0.15, 0.2) is 30.5 Å². The molecule has 1 amide bonds. The fraction of sp³-hybridized carbons (Fsp3) is 0.421. The fourth-order valence-electron chi connectivity index (χ4n) is 3.71. The summed E-state index contributed by atoms with van der Waals surface area (Å²) in [4.78, 5) is 24.2. The third-order valence-corrected chi connectivity index (χ3v) is 5.11. The lowest BCUT2D eigenvalue weighted by molar-refractivity contribution is -0.139. The Labute approximate surface area is 151 Å². The number of carboxylic acids is 1. The highest BCUT2D eigenvalue weighted by Gasteiger charge is 2.26. The van der Waals surface area contributed by atoms with Crippen molar-refractivity contribution in [1.29, 1.82) is 0 Å². The number of rotatable bonds is 5. The first-order chi connectivity index (χ1) is 12.6. The summed E-state index contributed by atoms with van der Waals surface area (Å²) in [5.41, 5.74) is 1.74. The van der Waals surface area contributed by atoms with Gasteiger partial charge in [0.05, 0.1) is 12.6 Å². The van der Waals surface area contributed by atoms with Crippen LogP contribution >= 0.6 is 0 Å². The molecule has 2 N–H and O–H groups in total. The molecule has 2 heterocycles. The van der Waals surface area contributed by atoms with Gasteiger partial charge in [0.25, 0.3) is 5.91 Å². The second kappa shape index (κ2) is 6.82. The van der Waals surface area contributed by atoms with Crippen LogP contribution in [0.2, 0.25) is 0 Å². The minimum Gasteiger partial charge on any atom is -0.493 e. The molecule has 136 valence electrons. The average Bonchev–Trinajstić information content (AvgIpc) is 3.39. The van der Waals surface area contributed by atoms with Gasteiger partial charge in [-0.3, -0.25) is 9.48 Å². The van der Waals surface area contributed by atoms with Gasteiger partial charge in [0.15, 0.2) is 6.04 Å². The predicted octanol–water partition coefficient (Wildman–Crippen LogP) is 2.49. The summed E-state index contributed by atoms with van der Waals surface area (Å²) in [7, 11) is 0. The van der Waals surface area contributed by atoms with Crippen LogP contribution in [0.1, 0.15) is 59.4 Å². The Morgan fingerprint density at radius 2 is 2.08 bits per heavy atom. The molecule has 1 aliphatic carbocycles. The number of fused-ring (bicyclic) bond motifs is 1. The van der Waals surface area contributed by atoms with Gasteiger partial charge in [0.1, 0.15) is 11.4 Å². The first-order valence-electron chi connectivity index (χ1n) is 8.96. The Hall–Kier alpha value is -2.83.